The summed E-state index contributed by atoms with van der Waals surface area (Å²) < 4.78 is 18.9. The second-order valence-electron chi connectivity index (χ2n) is 5.51. The lowest BCUT2D eigenvalue weighted by atomic mass is 10.0. The summed E-state index contributed by atoms with van der Waals surface area (Å²) in [5.74, 6) is 2.35. The van der Waals surface area contributed by atoms with E-state index in [2.05, 4.69) is 17.0 Å². The fourth-order valence-corrected chi connectivity index (χ4v) is 2.91. The van der Waals surface area contributed by atoms with E-state index in [9.17, 15) is 0 Å². The SMILES string of the molecule is C[C@@]1(c2ncnn2-c2ccc3c(c2)OCCO3)CCCO1. The Morgan fingerprint density at radius 3 is 2.81 bits per heavy atom. The van der Waals surface area contributed by atoms with Gasteiger partial charge < -0.3 is 14.2 Å². The molecule has 4 rings (SSSR count). The van der Waals surface area contributed by atoms with Gasteiger partial charge in [0, 0.05) is 12.7 Å². The maximum Gasteiger partial charge on any atom is 0.163 e. The van der Waals surface area contributed by atoms with Gasteiger partial charge in [0.2, 0.25) is 0 Å². The molecule has 0 saturated carbocycles. The molecule has 1 saturated heterocycles. The van der Waals surface area contributed by atoms with Crippen LogP contribution in [0.25, 0.3) is 5.69 Å². The molecule has 2 aromatic rings. The molecular weight excluding hydrogens is 270 g/mol. The van der Waals surface area contributed by atoms with Crippen molar-refractivity contribution in [2.24, 2.45) is 0 Å². The molecular formula is C15H17N3O3. The number of fused-ring (bicyclic) bond motifs is 1. The smallest absolute Gasteiger partial charge is 0.163 e. The molecule has 0 aliphatic carbocycles. The van der Waals surface area contributed by atoms with Crippen molar-refractivity contribution < 1.29 is 14.2 Å². The highest BCUT2D eigenvalue weighted by Gasteiger charge is 2.36. The Balaban J connectivity index is 1.76. The third kappa shape index (κ3) is 2.06. The summed E-state index contributed by atoms with van der Waals surface area (Å²) in [5.41, 5.74) is 0.535. The first kappa shape index (κ1) is 12.6. The third-order valence-electron chi connectivity index (χ3n) is 4.01. The maximum atomic E-state index is 5.88. The lowest BCUT2D eigenvalue weighted by molar-refractivity contribution is 0.00764. The van der Waals surface area contributed by atoms with Crippen LogP contribution in [-0.4, -0.2) is 34.6 Å². The number of aromatic nitrogens is 3. The Morgan fingerprint density at radius 2 is 2.00 bits per heavy atom. The lowest BCUT2D eigenvalue weighted by Gasteiger charge is -2.23. The molecule has 2 aliphatic heterocycles. The molecule has 1 aromatic carbocycles. The zero-order valence-corrected chi connectivity index (χ0v) is 11.9. The van der Waals surface area contributed by atoms with Crippen molar-refractivity contribution >= 4 is 0 Å². The highest BCUT2D eigenvalue weighted by molar-refractivity contribution is 5.49. The van der Waals surface area contributed by atoms with Crippen LogP contribution >= 0.6 is 0 Å². The highest BCUT2D eigenvalue weighted by atomic mass is 16.6. The summed E-state index contributed by atoms with van der Waals surface area (Å²) in [7, 11) is 0. The minimum absolute atomic E-state index is 0.371. The summed E-state index contributed by atoms with van der Waals surface area (Å²) in [6.45, 7) is 4.00. The van der Waals surface area contributed by atoms with Crippen molar-refractivity contribution in [1.82, 2.24) is 14.8 Å². The van der Waals surface area contributed by atoms with Crippen LogP contribution in [0.4, 0.5) is 0 Å². The van der Waals surface area contributed by atoms with Crippen LogP contribution < -0.4 is 9.47 Å². The van der Waals surface area contributed by atoms with Crippen LogP contribution in [0, 0.1) is 0 Å². The zero-order valence-electron chi connectivity index (χ0n) is 11.9. The maximum absolute atomic E-state index is 5.88. The van der Waals surface area contributed by atoms with Crippen LogP contribution in [-0.2, 0) is 10.3 Å². The molecule has 2 aliphatic rings. The molecule has 6 nitrogen and oxygen atoms in total. The Bertz CT molecular complexity index is 662. The van der Waals surface area contributed by atoms with Gasteiger partial charge in [-0.15, -0.1) is 0 Å². The van der Waals surface area contributed by atoms with E-state index in [1.807, 2.05) is 22.9 Å². The number of ether oxygens (including phenoxy) is 3. The molecule has 0 amide bonds. The highest BCUT2D eigenvalue weighted by Crippen LogP contribution is 2.37. The van der Waals surface area contributed by atoms with Crippen LogP contribution in [0.1, 0.15) is 25.6 Å². The van der Waals surface area contributed by atoms with Gasteiger partial charge in [-0.2, -0.15) is 5.10 Å². The van der Waals surface area contributed by atoms with Gasteiger partial charge in [-0.3, -0.25) is 0 Å². The van der Waals surface area contributed by atoms with E-state index in [-0.39, 0.29) is 5.60 Å². The normalized spacial score (nSPS) is 24.2. The summed E-state index contributed by atoms with van der Waals surface area (Å²) in [4.78, 5) is 4.41. The molecule has 6 heteroatoms. The van der Waals surface area contributed by atoms with Crippen molar-refractivity contribution in [3.05, 3.63) is 30.4 Å². The summed E-state index contributed by atoms with van der Waals surface area (Å²) in [5, 5.41) is 4.35. The van der Waals surface area contributed by atoms with Gasteiger partial charge in [0.15, 0.2) is 17.3 Å². The summed E-state index contributed by atoms with van der Waals surface area (Å²) >= 11 is 0. The van der Waals surface area contributed by atoms with E-state index in [1.165, 1.54) is 0 Å². The second-order valence-corrected chi connectivity index (χ2v) is 5.51. The van der Waals surface area contributed by atoms with E-state index in [0.29, 0.717) is 13.2 Å². The number of hydrogen-bond donors (Lipinski definition) is 0. The molecule has 1 atom stereocenters. The average molecular weight is 287 g/mol. The standard InChI is InChI=1S/C15H17N3O3/c1-15(5-2-6-21-15)14-16-10-17-18(14)11-3-4-12-13(9-11)20-8-7-19-12/h3-4,9-10H,2,5-8H2,1H3/t15-/m0/s1. The van der Waals surface area contributed by atoms with Crippen LogP contribution in [0.5, 0.6) is 11.5 Å². The van der Waals surface area contributed by atoms with Crippen molar-refractivity contribution in [3.8, 4) is 17.2 Å². The van der Waals surface area contributed by atoms with Gasteiger partial charge >= 0.3 is 0 Å². The van der Waals surface area contributed by atoms with Gasteiger partial charge in [-0.1, -0.05) is 0 Å². The Kier molecular flexibility index (Phi) is 2.85. The van der Waals surface area contributed by atoms with E-state index in [4.69, 9.17) is 14.2 Å². The molecule has 0 N–H and O–H groups in total. The van der Waals surface area contributed by atoms with Crippen LogP contribution in [0.3, 0.4) is 0 Å². The molecule has 0 unspecified atom stereocenters. The predicted molar refractivity (Wildman–Crippen MR) is 74.9 cm³/mol. The van der Waals surface area contributed by atoms with Gasteiger partial charge in [0.1, 0.15) is 25.1 Å². The topological polar surface area (TPSA) is 58.4 Å². The van der Waals surface area contributed by atoms with Crippen LogP contribution in [0.15, 0.2) is 24.5 Å². The number of rotatable bonds is 2. The largest absolute Gasteiger partial charge is 0.486 e. The van der Waals surface area contributed by atoms with Gasteiger partial charge in [-0.05, 0) is 31.9 Å². The molecule has 21 heavy (non-hydrogen) atoms. The zero-order chi connectivity index (χ0) is 14.3. The first-order chi connectivity index (χ1) is 10.3. The van der Waals surface area contributed by atoms with Crippen molar-refractivity contribution in [3.63, 3.8) is 0 Å². The van der Waals surface area contributed by atoms with E-state index in [0.717, 1.165) is 42.5 Å². The van der Waals surface area contributed by atoms with Crippen molar-refractivity contribution in [2.75, 3.05) is 19.8 Å². The van der Waals surface area contributed by atoms with Crippen molar-refractivity contribution in [1.29, 1.82) is 0 Å². The molecule has 1 fully saturated rings. The predicted octanol–water partition coefficient (Wildman–Crippen LogP) is 2.06. The summed E-state index contributed by atoms with van der Waals surface area (Å²) in [6, 6.07) is 5.81. The van der Waals surface area contributed by atoms with Gasteiger partial charge in [0.25, 0.3) is 0 Å². The van der Waals surface area contributed by atoms with E-state index >= 15 is 0 Å². The van der Waals surface area contributed by atoms with Crippen LogP contribution in [0.2, 0.25) is 0 Å². The summed E-state index contributed by atoms with van der Waals surface area (Å²) in [6.07, 6.45) is 3.57. The quantitative estimate of drug-likeness (QED) is 0.846. The molecule has 1 aromatic heterocycles. The molecule has 0 bridgehead atoms. The molecule has 0 radical (unpaired) electrons. The molecule has 3 heterocycles. The second kappa shape index (κ2) is 4.73. The number of nitrogens with zero attached hydrogens (tertiary/aromatic N) is 3. The Morgan fingerprint density at radius 1 is 1.14 bits per heavy atom. The van der Waals surface area contributed by atoms with Gasteiger partial charge in [0.05, 0.1) is 5.69 Å². The van der Waals surface area contributed by atoms with Gasteiger partial charge in [-0.25, -0.2) is 9.67 Å². The average Bonchev–Trinajstić information content (AvgIpc) is 3.16. The lowest BCUT2D eigenvalue weighted by Crippen LogP contribution is -2.25. The minimum Gasteiger partial charge on any atom is -0.486 e. The third-order valence-corrected chi connectivity index (χ3v) is 4.01. The Labute approximate surface area is 122 Å². The number of hydrogen-bond acceptors (Lipinski definition) is 5. The fourth-order valence-electron chi connectivity index (χ4n) is 2.91. The monoisotopic (exact) mass is 287 g/mol. The van der Waals surface area contributed by atoms with E-state index < -0.39 is 0 Å². The van der Waals surface area contributed by atoms with E-state index in [1.54, 1.807) is 6.33 Å². The first-order valence-corrected chi connectivity index (χ1v) is 7.21. The Hall–Kier alpha value is -2.08. The minimum atomic E-state index is -0.371. The fraction of sp³-hybridized carbons (Fsp3) is 0.467. The van der Waals surface area contributed by atoms with Crippen molar-refractivity contribution in [2.45, 2.75) is 25.4 Å². The molecule has 110 valence electrons. The molecule has 0 spiro atoms. The first-order valence-electron chi connectivity index (χ1n) is 7.21. The number of benzene rings is 1.